The minimum atomic E-state index is -3.45. The second-order valence-electron chi connectivity index (χ2n) is 7.73. The van der Waals surface area contributed by atoms with Crippen molar-refractivity contribution in [2.45, 2.75) is 31.1 Å². The smallest absolute Gasteiger partial charge is 0.259 e. The van der Waals surface area contributed by atoms with E-state index in [9.17, 15) is 13.2 Å². The predicted octanol–water partition coefficient (Wildman–Crippen LogP) is 5.42. The van der Waals surface area contributed by atoms with Crippen LogP contribution in [0.3, 0.4) is 0 Å². The highest BCUT2D eigenvalue weighted by Gasteiger charge is 2.17. The molecule has 0 aliphatic heterocycles. The Hall–Kier alpha value is -2.22. The summed E-state index contributed by atoms with van der Waals surface area (Å²) in [6.07, 6.45) is 1.08. The van der Waals surface area contributed by atoms with Crippen LogP contribution in [-0.4, -0.2) is 25.6 Å². The lowest BCUT2D eigenvalue weighted by molar-refractivity contribution is 0.102. The van der Waals surface area contributed by atoms with E-state index in [1.54, 1.807) is 0 Å². The number of nitrogens with zero attached hydrogens (tertiary/aromatic N) is 1. The molecule has 29 heavy (non-hydrogen) atoms. The summed E-state index contributed by atoms with van der Waals surface area (Å²) in [6, 6.07) is 12.2. The molecule has 0 fully saturated rings. The first-order valence-corrected chi connectivity index (χ1v) is 12.0. The molecule has 0 unspecified atom stereocenters. The van der Waals surface area contributed by atoms with Gasteiger partial charge < -0.3 is 0 Å². The molecule has 0 spiro atoms. The fourth-order valence-corrected chi connectivity index (χ4v) is 4.24. The Bertz CT molecular complexity index is 1160. The molecule has 2 aromatic carbocycles. The average Bonchev–Trinajstić information content (AvgIpc) is 3.09. The normalized spacial score (nSPS) is 12.0. The molecule has 0 saturated carbocycles. The summed E-state index contributed by atoms with van der Waals surface area (Å²) in [5, 5.41) is 5.13. The Kier molecular flexibility index (Phi) is 5.85. The average molecular weight is 449 g/mol. The lowest BCUT2D eigenvalue weighted by Gasteiger charge is -2.18. The Balaban J connectivity index is 1.81. The van der Waals surface area contributed by atoms with Crippen molar-refractivity contribution >= 4 is 43.8 Å². The number of benzene rings is 2. The highest BCUT2D eigenvalue weighted by Crippen LogP contribution is 2.29. The minimum Gasteiger partial charge on any atom is -0.298 e. The zero-order valence-corrected chi connectivity index (χ0v) is 18.9. The van der Waals surface area contributed by atoms with E-state index in [1.165, 1.54) is 35.1 Å². The van der Waals surface area contributed by atoms with Gasteiger partial charge in [0.15, 0.2) is 15.0 Å². The molecular weight excluding hydrogens is 428 g/mol. The van der Waals surface area contributed by atoms with Crippen LogP contribution in [0.4, 0.5) is 5.13 Å². The van der Waals surface area contributed by atoms with Gasteiger partial charge in [0.05, 0.1) is 21.2 Å². The van der Waals surface area contributed by atoms with Crippen LogP contribution in [0.15, 0.2) is 52.7 Å². The Labute approximate surface area is 179 Å². The summed E-state index contributed by atoms with van der Waals surface area (Å²) in [4.78, 5) is 17.1. The van der Waals surface area contributed by atoms with E-state index in [4.69, 9.17) is 11.6 Å². The molecule has 8 heteroatoms. The zero-order chi connectivity index (χ0) is 21.4. The Morgan fingerprint density at radius 3 is 2.34 bits per heavy atom. The number of carbonyl (C=O) groups excluding carboxylic acids is 1. The monoisotopic (exact) mass is 448 g/mol. The molecule has 3 rings (SSSR count). The lowest BCUT2D eigenvalue weighted by atomic mass is 9.86. The third-order valence-corrected chi connectivity index (χ3v) is 6.58. The van der Waals surface area contributed by atoms with Crippen LogP contribution in [0.25, 0.3) is 11.3 Å². The Morgan fingerprint density at radius 1 is 1.10 bits per heavy atom. The van der Waals surface area contributed by atoms with Crippen molar-refractivity contribution in [3.05, 3.63) is 64.0 Å². The van der Waals surface area contributed by atoms with Crippen LogP contribution in [0.1, 0.15) is 36.7 Å². The van der Waals surface area contributed by atoms with Crippen molar-refractivity contribution in [2.75, 3.05) is 11.6 Å². The van der Waals surface area contributed by atoms with E-state index < -0.39 is 15.7 Å². The van der Waals surface area contributed by atoms with E-state index in [0.717, 1.165) is 17.5 Å². The molecule has 0 saturated heterocycles. The van der Waals surface area contributed by atoms with E-state index in [2.05, 4.69) is 43.2 Å². The van der Waals surface area contributed by atoms with E-state index in [0.29, 0.717) is 5.13 Å². The van der Waals surface area contributed by atoms with E-state index >= 15 is 0 Å². The first-order chi connectivity index (χ1) is 13.4. The highest BCUT2D eigenvalue weighted by atomic mass is 35.5. The number of nitrogens with one attached hydrogen (secondary N) is 1. The number of hydrogen-bond acceptors (Lipinski definition) is 5. The molecule has 1 heterocycles. The molecule has 0 bridgehead atoms. The second-order valence-corrected chi connectivity index (χ2v) is 11.0. The summed E-state index contributed by atoms with van der Waals surface area (Å²) in [6.45, 7) is 6.47. The summed E-state index contributed by atoms with van der Waals surface area (Å²) >= 11 is 7.38. The first-order valence-electron chi connectivity index (χ1n) is 8.82. The third kappa shape index (κ3) is 5.04. The number of amides is 1. The molecule has 0 radical (unpaired) electrons. The van der Waals surface area contributed by atoms with Crippen LogP contribution < -0.4 is 5.32 Å². The predicted molar refractivity (Wildman–Crippen MR) is 119 cm³/mol. The number of hydrogen-bond donors (Lipinski definition) is 1. The van der Waals surface area contributed by atoms with Crippen LogP contribution in [0.5, 0.6) is 0 Å². The minimum absolute atomic E-state index is 0.0332. The largest absolute Gasteiger partial charge is 0.298 e. The van der Waals surface area contributed by atoms with Crippen molar-refractivity contribution in [3.63, 3.8) is 0 Å². The molecule has 0 aliphatic rings. The van der Waals surface area contributed by atoms with Crippen LogP contribution in [0, 0.1) is 0 Å². The van der Waals surface area contributed by atoms with Gasteiger partial charge >= 0.3 is 0 Å². The molecule has 1 amide bonds. The van der Waals surface area contributed by atoms with Gasteiger partial charge in [0, 0.05) is 17.2 Å². The van der Waals surface area contributed by atoms with Crippen molar-refractivity contribution in [1.29, 1.82) is 0 Å². The first kappa shape index (κ1) is 21.5. The van der Waals surface area contributed by atoms with Crippen LogP contribution >= 0.6 is 22.9 Å². The van der Waals surface area contributed by atoms with Crippen molar-refractivity contribution in [2.24, 2.45) is 0 Å². The summed E-state index contributed by atoms with van der Waals surface area (Å²) < 4.78 is 23.5. The zero-order valence-electron chi connectivity index (χ0n) is 16.5. The van der Waals surface area contributed by atoms with Gasteiger partial charge in [0.25, 0.3) is 5.91 Å². The Morgan fingerprint density at radius 2 is 1.76 bits per heavy atom. The second kappa shape index (κ2) is 7.89. The van der Waals surface area contributed by atoms with E-state index in [-0.39, 0.29) is 20.9 Å². The van der Waals surface area contributed by atoms with Gasteiger partial charge in [-0.15, -0.1) is 11.3 Å². The molecule has 1 aromatic heterocycles. The summed E-state index contributed by atoms with van der Waals surface area (Å²) in [5.74, 6) is -0.510. The van der Waals surface area contributed by atoms with Gasteiger partial charge in [0.1, 0.15) is 0 Å². The third-order valence-electron chi connectivity index (χ3n) is 4.38. The molecule has 0 atom stereocenters. The SMILES string of the molecule is CC(C)(C)c1ccc(-c2csc(NC(=O)c3cc(S(C)(=O)=O)ccc3Cl)n2)cc1. The fourth-order valence-electron chi connectivity index (χ4n) is 2.68. The molecule has 3 aromatic rings. The van der Waals surface area contributed by atoms with Gasteiger partial charge in [-0.1, -0.05) is 56.6 Å². The highest BCUT2D eigenvalue weighted by molar-refractivity contribution is 7.90. The molecule has 1 N–H and O–H groups in total. The fraction of sp³-hybridized carbons (Fsp3) is 0.238. The number of thiazole rings is 1. The standard InChI is InChI=1S/C21H21ClN2O3S2/c1-21(2,3)14-7-5-13(6-8-14)18-12-28-20(23-18)24-19(25)16-11-15(29(4,26)27)9-10-17(16)22/h5-12H,1-4H3,(H,23,24,25). The maximum atomic E-state index is 12.6. The summed E-state index contributed by atoms with van der Waals surface area (Å²) in [5.41, 5.74) is 3.08. The number of carbonyl (C=O) groups is 1. The van der Waals surface area contributed by atoms with Crippen LogP contribution in [-0.2, 0) is 15.3 Å². The van der Waals surface area contributed by atoms with Gasteiger partial charge in [-0.3, -0.25) is 10.1 Å². The topological polar surface area (TPSA) is 76.1 Å². The lowest BCUT2D eigenvalue weighted by Crippen LogP contribution is -2.13. The molecule has 5 nitrogen and oxygen atoms in total. The number of halogens is 1. The maximum absolute atomic E-state index is 12.6. The van der Waals surface area contributed by atoms with Crippen molar-refractivity contribution in [1.82, 2.24) is 4.98 Å². The van der Waals surface area contributed by atoms with E-state index in [1.807, 2.05) is 17.5 Å². The quantitative estimate of drug-likeness (QED) is 0.578. The number of sulfone groups is 1. The number of aromatic nitrogens is 1. The molecule has 152 valence electrons. The maximum Gasteiger partial charge on any atom is 0.259 e. The summed E-state index contributed by atoms with van der Waals surface area (Å²) in [7, 11) is -3.45. The van der Waals surface area contributed by atoms with Crippen molar-refractivity contribution < 1.29 is 13.2 Å². The van der Waals surface area contributed by atoms with Gasteiger partial charge in [-0.25, -0.2) is 13.4 Å². The van der Waals surface area contributed by atoms with Crippen molar-refractivity contribution in [3.8, 4) is 11.3 Å². The molecule has 0 aliphatic carbocycles. The van der Waals surface area contributed by atoms with Crippen LogP contribution in [0.2, 0.25) is 5.02 Å². The number of rotatable bonds is 4. The molecular formula is C21H21ClN2O3S2. The van der Waals surface area contributed by atoms with Gasteiger partial charge in [-0.2, -0.15) is 0 Å². The number of anilines is 1. The van der Waals surface area contributed by atoms with Gasteiger partial charge in [0.2, 0.25) is 0 Å². The van der Waals surface area contributed by atoms with Gasteiger partial charge in [-0.05, 0) is 29.2 Å².